The summed E-state index contributed by atoms with van der Waals surface area (Å²) in [6.45, 7) is -0.226. The Bertz CT molecular complexity index is 237. The summed E-state index contributed by atoms with van der Waals surface area (Å²) in [6.07, 6.45) is 0. The van der Waals surface area contributed by atoms with Crippen molar-refractivity contribution in [1.29, 1.82) is 0 Å². The van der Waals surface area contributed by atoms with Crippen molar-refractivity contribution in [1.82, 2.24) is 0 Å². The summed E-state index contributed by atoms with van der Waals surface area (Å²) in [6, 6.07) is 4.33. The molecule has 0 heterocycles. The highest BCUT2D eigenvalue weighted by Crippen LogP contribution is 2.18. The molecule has 54 valence electrons. The van der Waals surface area contributed by atoms with Crippen LogP contribution in [0.3, 0.4) is 0 Å². The van der Waals surface area contributed by atoms with Crippen molar-refractivity contribution < 1.29 is 9.50 Å². The Balaban J connectivity index is 3.14. The highest BCUT2D eigenvalue weighted by atomic mass is 35.5. The molecule has 0 saturated carbocycles. The number of aliphatic hydroxyl groups is 1. The smallest absolute Gasteiger partial charge is 0.142 e. The molecular formula is C7H6ClFO. The van der Waals surface area contributed by atoms with E-state index in [-0.39, 0.29) is 11.6 Å². The molecule has 0 radical (unpaired) electrons. The SMILES string of the molecule is OCc1cccc(F)c1Cl. The summed E-state index contributed by atoms with van der Waals surface area (Å²) in [5.74, 6) is -0.492. The van der Waals surface area contributed by atoms with Crippen LogP contribution in [0.4, 0.5) is 4.39 Å². The molecular weight excluding hydrogens is 155 g/mol. The van der Waals surface area contributed by atoms with Crippen molar-refractivity contribution in [2.45, 2.75) is 6.61 Å². The Labute approximate surface area is 63.1 Å². The van der Waals surface area contributed by atoms with Gasteiger partial charge in [0.25, 0.3) is 0 Å². The van der Waals surface area contributed by atoms with Gasteiger partial charge in [-0.1, -0.05) is 23.7 Å². The van der Waals surface area contributed by atoms with E-state index in [0.29, 0.717) is 5.56 Å². The zero-order valence-corrected chi connectivity index (χ0v) is 5.90. The Kier molecular flexibility index (Phi) is 2.25. The summed E-state index contributed by atoms with van der Waals surface area (Å²) in [4.78, 5) is 0. The van der Waals surface area contributed by atoms with Crippen molar-refractivity contribution in [3.8, 4) is 0 Å². The van der Waals surface area contributed by atoms with Crippen LogP contribution in [0.5, 0.6) is 0 Å². The molecule has 0 aliphatic heterocycles. The van der Waals surface area contributed by atoms with Crippen LogP contribution in [0.25, 0.3) is 0 Å². The molecule has 3 heteroatoms. The fourth-order valence-electron chi connectivity index (χ4n) is 0.671. The van der Waals surface area contributed by atoms with Crippen molar-refractivity contribution in [2.75, 3.05) is 0 Å². The molecule has 0 aromatic heterocycles. The molecule has 0 aliphatic rings. The molecule has 0 aliphatic carbocycles. The Morgan fingerprint density at radius 3 is 2.70 bits per heavy atom. The van der Waals surface area contributed by atoms with Gasteiger partial charge in [0.2, 0.25) is 0 Å². The number of halogens is 2. The predicted molar refractivity (Wildman–Crippen MR) is 37.3 cm³/mol. The van der Waals surface area contributed by atoms with Gasteiger partial charge in [-0.05, 0) is 11.6 Å². The summed E-state index contributed by atoms with van der Waals surface area (Å²) < 4.78 is 12.5. The first-order chi connectivity index (χ1) is 4.75. The van der Waals surface area contributed by atoms with E-state index < -0.39 is 5.82 Å². The lowest BCUT2D eigenvalue weighted by Gasteiger charge is -1.98. The third-order valence-corrected chi connectivity index (χ3v) is 1.63. The minimum absolute atomic E-state index is 0.00463. The summed E-state index contributed by atoms with van der Waals surface area (Å²) in [5.41, 5.74) is 0.418. The van der Waals surface area contributed by atoms with E-state index in [1.165, 1.54) is 12.1 Å². The standard InChI is InChI=1S/C7H6ClFO/c8-7-5(4-10)2-1-3-6(7)9/h1-3,10H,4H2. The minimum atomic E-state index is -0.492. The summed E-state index contributed by atoms with van der Waals surface area (Å²) >= 11 is 5.46. The van der Waals surface area contributed by atoms with Crippen LogP contribution in [0.15, 0.2) is 18.2 Å². The van der Waals surface area contributed by atoms with E-state index in [1.807, 2.05) is 0 Å². The Hall–Kier alpha value is -0.600. The maximum atomic E-state index is 12.5. The second-order valence-corrected chi connectivity index (χ2v) is 2.25. The molecule has 1 aromatic rings. The fraction of sp³-hybridized carbons (Fsp3) is 0.143. The van der Waals surface area contributed by atoms with E-state index >= 15 is 0 Å². The molecule has 0 spiro atoms. The molecule has 0 fully saturated rings. The van der Waals surface area contributed by atoms with E-state index in [4.69, 9.17) is 16.7 Å². The second-order valence-electron chi connectivity index (χ2n) is 1.87. The number of aliphatic hydroxyl groups excluding tert-OH is 1. The number of hydrogen-bond donors (Lipinski definition) is 1. The van der Waals surface area contributed by atoms with Crippen LogP contribution in [0, 0.1) is 5.82 Å². The Morgan fingerprint density at radius 2 is 2.20 bits per heavy atom. The molecule has 0 bridgehead atoms. The van der Waals surface area contributed by atoms with Crippen LogP contribution in [0.1, 0.15) is 5.56 Å². The number of rotatable bonds is 1. The van der Waals surface area contributed by atoms with Gasteiger partial charge in [0.15, 0.2) is 0 Å². The first-order valence-corrected chi connectivity index (χ1v) is 3.17. The van der Waals surface area contributed by atoms with Crippen molar-refractivity contribution in [2.24, 2.45) is 0 Å². The van der Waals surface area contributed by atoms with Crippen LogP contribution in [-0.2, 0) is 6.61 Å². The topological polar surface area (TPSA) is 20.2 Å². The van der Waals surface area contributed by atoms with Gasteiger partial charge in [-0.2, -0.15) is 0 Å². The monoisotopic (exact) mass is 160 g/mol. The largest absolute Gasteiger partial charge is 0.392 e. The summed E-state index contributed by atoms with van der Waals surface area (Å²) in [7, 11) is 0. The van der Waals surface area contributed by atoms with Crippen molar-refractivity contribution >= 4 is 11.6 Å². The van der Waals surface area contributed by atoms with Gasteiger partial charge >= 0.3 is 0 Å². The molecule has 0 atom stereocenters. The lowest BCUT2D eigenvalue weighted by Crippen LogP contribution is -1.86. The normalized spacial score (nSPS) is 9.90. The molecule has 1 N–H and O–H groups in total. The van der Waals surface area contributed by atoms with Gasteiger partial charge in [-0.25, -0.2) is 4.39 Å². The van der Waals surface area contributed by atoms with Gasteiger partial charge in [0, 0.05) is 0 Å². The highest BCUT2D eigenvalue weighted by molar-refractivity contribution is 6.31. The molecule has 0 amide bonds. The fourth-order valence-corrected chi connectivity index (χ4v) is 0.856. The van der Waals surface area contributed by atoms with Gasteiger partial charge in [-0.3, -0.25) is 0 Å². The quantitative estimate of drug-likeness (QED) is 0.666. The van der Waals surface area contributed by atoms with Crippen LogP contribution >= 0.6 is 11.6 Å². The van der Waals surface area contributed by atoms with Gasteiger partial charge < -0.3 is 5.11 Å². The average Bonchev–Trinajstić information content (AvgIpc) is 1.95. The third-order valence-electron chi connectivity index (χ3n) is 1.20. The maximum Gasteiger partial charge on any atom is 0.142 e. The first-order valence-electron chi connectivity index (χ1n) is 2.79. The molecule has 0 saturated heterocycles. The van der Waals surface area contributed by atoms with Gasteiger partial charge in [0.1, 0.15) is 5.82 Å². The number of benzene rings is 1. The minimum Gasteiger partial charge on any atom is -0.392 e. The van der Waals surface area contributed by atoms with E-state index in [2.05, 4.69) is 0 Å². The Morgan fingerprint density at radius 1 is 1.50 bits per heavy atom. The van der Waals surface area contributed by atoms with Crippen LogP contribution in [0.2, 0.25) is 5.02 Å². The second kappa shape index (κ2) is 2.99. The predicted octanol–water partition coefficient (Wildman–Crippen LogP) is 1.97. The highest BCUT2D eigenvalue weighted by Gasteiger charge is 2.02. The van der Waals surface area contributed by atoms with E-state index in [9.17, 15) is 4.39 Å². The third kappa shape index (κ3) is 1.28. The van der Waals surface area contributed by atoms with Crippen LogP contribution < -0.4 is 0 Å². The maximum absolute atomic E-state index is 12.5. The zero-order chi connectivity index (χ0) is 7.56. The molecule has 0 unspecified atom stereocenters. The lowest BCUT2D eigenvalue weighted by molar-refractivity contribution is 0.281. The zero-order valence-electron chi connectivity index (χ0n) is 5.14. The molecule has 1 nitrogen and oxygen atoms in total. The average molecular weight is 161 g/mol. The van der Waals surface area contributed by atoms with Crippen molar-refractivity contribution in [3.05, 3.63) is 34.6 Å². The molecule has 1 rings (SSSR count). The number of hydrogen-bond acceptors (Lipinski definition) is 1. The van der Waals surface area contributed by atoms with Crippen LogP contribution in [-0.4, -0.2) is 5.11 Å². The van der Waals surface area contributed by atoms with Gasteiger partial charge in [-0.15, -0.1) is 0 Å². The van der Waals surface area contributed by atoms with Crippen molar-refractivity contribution in [3.63, 3.8) is 0 Å². The van der Waals surface area contributed by atoms with Gasteiger partial charge in [0.05, 0.1) is 11.6 Å². The lowest BCUT2D eigenvalue weighted by atomic mass is 10.2. The molecule has 1 aromatic carbocycles. The summed E-state index contributed by atoms with van der Waals surface area (Å²) in [5, 5.41) is 8.60. The first kappa shape index (κ1) is 7.51. The van der Waals surface area contributed by atoms with E-state index in [0.717, 1.165) is 0 Å². The van der Waals surface area contributed by atoms with E-state index in [1.54, 1.807) is 6.07 Å². The molecule has 10 heavy (non-hydrogen) atoms.